The number of likely N-dealkylation sites (tertiary alicyclic amines) is 1. The van der Waals surface area contributed by atoms with Gasteiger partial charge in [0.25, 0.3) is 0 Å². The number of ether oxygens (including phenoxy) is 2. The summed E-state index contributed by atoms with van der Waals surface area (Å²) in [5.74, 6) is 0.745. The van der Waals surface area contributed by atoms with E-state index < -0.39 is 0 Å². The molecule has 150 valence electrons. The van der Waals surface area contributed by atoms with Gasteiger partial charge in [-0.25, -0.2) is 0 Å². The third-order valence-corrected chi connectivity index (χ3v) is 6.38. The van der Waals surface area contributed by atoms with Crippen LogP contribution in [-0.2, 0) is 14.3 Å². The summed E-state index contributed by atoms with van der Waals surface area (Å²) < 4.78 is 13.2. The summed E-state index contributed by atoms with van der Waals surface area (Å²) in [6, 6.07) is 6.25. The molecule has 28 heavy (non-hydrogen) atoms. The summed E-state index contributed by atoms with van der Waals surface area (Å²) in [5, 5.41) is 8.97. The predicted molar refractivity (Wildman–Crippen MR) is 107 cm³/mol. The number of aryl methyl sites for hydroxylation is 2. The van der Waals surface area contributed by atoms with Gasteiger partial charge in [-0.1, -0.05) is 17.8 Å². The van der Waals surface area contributed by atoms with Crippen LogP contribution in [0.2, 0.25) is 0 Å². The van der Waals surface area contributed by atoms with Gasteiger partial charge < -0.3 is 14.4 Å². The molecule has 4 rings (SSSR count). The predicted octanol–water partition coefficient (Wildman–Crippen LogP) is 2.59. The number of carbonyl (C=O) groups excluding carboxylic acids is 1. The molecule has 3 heterocycles. The fraction of sp³-hybridized carbons (Fsp3) is 0.550. The van der Waals surface area contributed by atoms with Crippen molar-refractivity contribution in [1.29, 1.82) is 0 Å². The molecular formula is C20H26N4O3S. The van der Waals surface area contributed by atoms with Crippen molar-refractivity contribution < 1.29 is 14.3 Å². The molecular weight excluding hydrogens is 376 g/mol. The molecule has 8 heteroatoms. The molecule has 7 nitrogen and oxygen atoms in total. The Kier molecular flexibility index (Phi) is 5.99. The van der Waals surface area contributed by atoms with Gasteiger partial charge in [0.2, 0.25) is 5.91 Å². The molecule has 2 fully saturated rings. The lowest BCUT2D eigenvalue weighted by Crippen LogP contribution is -2.44. The molecule has 1 atom stereocenters. The van der Waals surface area contributed by atoms with E-state index in [-0.39, 0.29) is 18.1 Å². The lowest BCUT2D eigenvalue weighted by Gasteiger charge is -2.34. The second-order valence-corrected chi connectivity index (χ2v) is 8.34. The number of amides is 1. The molecule has 0 spiro atoms. The Labute approximate surface area is 169 Å². The lowest BCUT2D eigenvalue weighted by molar-refractivity contribution is -0.136. The highest BCUT2D eigenvalue weighted by molar-refractivity contribution is 7.99. The first kappa shape index (κ1) is 19.4. The Hall–Kier alpha value is -1.90. The summed E-state index contributed by atoms with van der Waals surface area (Å²) in [6.45, 7) is 6.98. The Bertz CT molecular complexity index is 835. The van der Waals surface area contributed by atoms with Gasteiger partial charge in [0.15, 0.2) is 11.4 Å². The molecule has 0 aliphatic carbocycles. The molecule has 1 unspecified atom stereocenters. The van der Waals surface area contributed by atoms with E-state index in [0.717, 1.165) is 30.2 Å². The molecule has 0 bridgehead atoms. The maximum absolute atomic E-state index is 12.8. The van der Waals surface area contributed by atoms with Gasteiger partial charge in [-0.15, -0.1) is 10.2 Å². The zero-order chi connectivity index (χ0) is 19.5. The zero-order valence-electron chi connectivity index (χ0n) is 16.3. The number of piperidine rings is 1. The molecule has 2 aliphatic rings. The number of hydrogen-bond acceptors (Lipinski definition) is 6. The van der Waals surface area contributed by atoms with Crippen LogP contribution in [0.15, 0.2) is 29.7 Å². The number of thioether (sulfide) groups is 1. The summed E-state index contributed by atoms with van der Waals surface area (Å²) in [7, 11) is 0. The number of hydrogen-bond donors (Lipinski definition) is 0. The molecule has 2 aliphatic heterocycles. The van der Waals surface area contributed by atoms with E-state index in [9.17, 15) is 4.79 Å². The first-order valence-corrected chi connectivity index (χ1v) is 10.7. The van der Waals surface area contributed by atoms with Gasteiger partial charge in [-0.3, -0.25) is 9.36 Å². The maximum Gasteiger partial charge on any atom is 0.233 e. The minimum atomic E-state index is -0.156. The average Bonchev–Trinajstić information content (AvgIpc) is 3.40. The smallest absolute Gasteiger partial charge is 0.233 e. The van der Waals surface area contributed by atoms with E-state index in [1.54, 1.807) is 6.33 Å². The average molecular weight is 403 g/mol. The monoisotopic (exact) mass is 402 g/mol. The van der Waals surface area contributed by atoms with Gasteiger partial charge in [0, 0.05) is 24.7 Å². The Morgan fingerprint density at radius 2 is 2.07 bits per heavy atom. The van der Waals surface area contributed by atoms with E-state index in [2.05, 4.69) is 42.2 Å². The van der Waals surface area contributed by atoms with Crippen molar-refractivity contribution in [3.05, 3.63) is 35.7 Å². The van der Waals surface area contributed by atoms with Crippen molar-refractivity contribution >= 4 is 17.7 Å². The fourth-order valence-electron chi connectivity index (χ4n) is 3.70. The number of aromatic nitrogens is 3. The van der Waals surface area contributed by atoms with Gasteiger partial charge in [0.1, 0.15) is 6.33 Å². The van der Waals surface area contributed by atoms with Gasteiger partial charge in [-0.05, 0) is 49.9 Å². The number of benzene rings is 1. The molecule has 0 radical (unpaired) electrons. The summed E-state index contributed by atoms with van der Waals surface area (Å²) in [4.78, 5) is 14.7. The van der Waals surface area contributed by atoms with Crippen molar-refractivity contribution in [2.24, 2.45) is 5.92 Å². The molecule has 2 aromatic rings. The summed E-state index contributed by atoms with van der Waals surface area (Å²) in [5.41, 5.74) is 3.47. The first-order chi connectivity index (χ1) is 13.6. The Morgan fingerprint density at radius 3 is 2.86 bits per heavy atom. The van der Waals surface area contributed by atoms with E-state index in [0.29, 0.717) is 25.5 Å². The quantitative estimate of drug-likeness (QED) is 0.716. The fourth-order valence-corrected chi connectivity index (χ4v) is 4.53. The Morgan fingerprint density at radius 1 is 1.25 bits per heavy atom. The van der Waals surface area contributed by atoms with E-state index in [1.807, 2.05) is 9.47 Å². The van der Waals surface area contributed by atoms with Crippen LogP contribution in [0, 0.1) is 19.8 Å². The second-order valence-electron chi connectivity index (χ2n) is 7.39. The minimum Gasteiger partial charge on any atom is -0.350 e. The lowest BCUT2D eigenvalue weighted by atomic mass is 9.97. The minimum absolute atomic E-state index is 0.127. The first-order valence-electron chi connectivity index (χ1n) is 9.73. The molecule has 1 aromatic heterocycles. The van der Waals surface area contributed by atoms with Crippen LogP contribution in [0.25, 0.3) is 5.69 Å². The summed E-state index contributed by atoms with van der Waals surface area (Å²) >= 11 is 1.43. The third kappa shape index (κ3) is 4.24. The molecule has 0 saturated carbocycles. The third-order valence-electron chi connectivity index (χ3n) is 5.45. The number of carbonyl (C=O) groups is 1. The molecule has 1 aromatic carbocycles. The highest BCUT2D eigenvalue weighted by Gasteiger charge is 2.32. The van der Waals surface area contributed by atoms with E-state index >= 15 is 0 Å². The van der Waals surface area contributed by atoms with Crippen molar-refractivity contribution in [3.63, 3.8) is 0 Å². The molecule has 1 amide bonds. The maximum atomic E-state index is 12.8. The van der Waals surface area contributed by atoms with Crippen LogP contribution in [0.4, 0.5) is 0 Å². The van der Waals surface area contributed by atoms with Crippen LogP contribution in [-0.4, -0.2) is 63.9 Å². The van der Waals surface area contributed by atoms with Crippen LogP contribution in [0.3, 0.4) is 0 Å². The molecule has 0 N–H and O–H groups in total. The highest BCUT2D eigenvalue weighted by atomic mass is 32.2. The topological polar surface area (TPSA) is 69.5 Å². The summed E-state index contributed by atoms with van der Waals surface area (Å²) in [6.07, 6.45) is 3.57. The van der Waals surface area contributed by atoms with Crippen LogP contribution >= 0.6 is 11.8 Å². The van der Waals surface area contributed by atoms with Crippen molar-refractivity contribution in [1.82, 2.24) is 19.7 Å². The SMILES string of the molecule is Cc1ccc(-n2cnnc2SCC(=O)N2CCCC(C3OCCO3)C2)cc1C. The largest absolute Gasteiger partial charge is 0.350 e. The number of rotatable bonds is 5. The van der Waals surface area contributed by atoms with Crippen LogP contribution in [0.1, 0.15) is 24.0 Å². The van der Waals surface area contributed by atoms with Crippen molar-refractivity contribution in [3.8, 4) is 5.69 Å². The van der Waals surface area contributed by atoms with Crippen LogP contribution < -0.4 is 0 Å². The zero-order valence-corrected chi connectivity index (χ0v) is 17.2. The van der Waals surface area contributed by atoms with Gasteiger partial charge in [0.05, 0.1) is 19.0 Å². The van der Waals surface area contributed by atoms with E-state index in [4.69, 9.17) is 9.47 Å². The Balaban J connectivity index is 1.37. The van der Waals surface area contributed by atoms with Gasteiger partial charge >= 0.3 is 0 Å². The van der Waals surface area contributed by atoms with E-state index in [1.165, 1.54) is 22.9 Å². The van der Waals surface area contributed by atoms with Crippen molar-refractivity contribution in [2.75, 3.05) is 32.1 Å². The molecule has 2 saturated heterocycles. The highest BCUT2D eigenvalue weighted by Crippen LogP contribution is 2.26. The van der Waals surface area contributed by atoms with Gasteiger partial charge in [-0.2, -0.15) is 0 Å². The second kappa shape index (κ2) is 8.63. The number of nitrogens with zero attached hydrogens (tertiary/aromatic N) is 4. The standard InChI is InChI=1S/C20H26N4O3S/c1-14-5-6-17(10-15(14)2)24-13-21-22-20(24)28-12-18(25)23-7-3-4-16(11-23)19-26-8-9-27-19/h5-6,10,13,16,19H,3-4,7-9,11-12H2,1-2H3. The van der Waals surface area contributed by atoms with Crippen LogP contribution in [0.5, 0.6) is 0 Å². The normalized spacial score (nSPS) is 20.6. The van der Waals surface area contributed by atoms with Crippen molar-refractivity contribution in [2.45, 2.75) is 38.1 Å².